The molecule has 3 rings (SSSR count). The Morgan fingerprint density at radius 2 is 2.23 bits per heavy atom. The fraction of sp³-hybridized carbons (Fsp3) is 0.200. The van der Waals surface area contributed by atoms with Crippen LogP contribution in [0.5, 0.6) is 0 Å². The number of imidazole rings is 1. The van der Waals surface area contributed by atoms with E-state index in [1.165, 1.54) is 11.8 Å². The van der Waals surface area contributed by atoms with Gasteiger partial charge in [-0.05, 0) is 18.1 Å². The number of benzene rings is 1. The quantitative estimate of drug-likeness (QED) is 0.782. The summed E-state index contributed by atoms with van der Waals surface area (Å²) >= 11 is 1.03. The molecular formula is C15H15N5OS. The van der Waals surface area contributed by atoms with Gasteiger partial charge in [-0.2, -0.15) is 8.75 Å². The van der Waals surface area contributed by atoms with Gasteiger partial charge >= 0.3 is 0 Å². The molecule has 0 aliphatic carbocycles. The smallest absolute Gasteiger partial charge is 0.272 e. The zero-order chi connectivity index (χ0) is 15.4. The third-order valence-corrected chi connectivity index (χ3v) is 3.79. The predicted molar refractivity (Wildman–Crippen MR) is 83.6 cm³/mol. The van der Waals surface area contributed by atoms with Crippen molar-refractivity contribution >= 4 is 17.6 Å². The highest BCUT2D eigenvalue weighted by molar-refractivity contribution is 6.99. The largest absolute Gasteiger partial charge is 0.347 e. The summed E-state index contributed by atoms with van der Waals surface area (Å²) in [5.41, 5.74) is 2.57. The monoisotopic (exact) mass is 313 g/mol. The molecule has 2 heterocycles. The molecule has 2 aromatic heterocycles. The van der Waals surface area contributed by atoms with Crippen LogP contribution in [0.4, 0.5) is 0 Å². The molecule has 0 bridgehead atoms. The molecule has 22 heavy (non-hydrogen) atoms. The fourth-order valence-corrected chi connectivity index (χ4v) is 2.56. The number of amides is 1. The van der Waals surface area contributed by atoms with E-state index in [1.807, 2.05) is 25.3 Å². The van der Waals surface area contributed by atoms with Gasteiger partial charge < -0.3 is 9.88 Å². The van der Waals surface area contributed by atoms with Crippen LogP contribution >= 0.6 is 11.7 Å². The summed E-state index contributed by atoms with van der Waals surface area (Å²) in [6.07, 6.45) is 5.22. The van der Waals surface area contributed by atoms with Gasteiger partial charge in [0.25, 0.3) is 5.91 Å². The first-order chi connectivity index (χ1) is 10.7. The summed E-state index contributed by atoms with van der Waals surface area (Å²) in [7, 11) is 0. The molecule has 7 heteroatoms. The molecule has 0 fully saturated rings. The fourth-order valence-electron chi connectivity index (χ4n) is 2.14. The van der Waals surface area contributed by atoms with Crippen molar-refractivity contribution in [1.82, 2.24) is 23.6 Å². The van der Waals surface area contributed by atoms with E-state index < -0.39 is 0 Å². The highest BCUT2D eigenvalue weighted by atomic mass is 32.1. The van der Waals surface area contributed by atoms with Crippen LogP contribution in [-0.4, -0.2) is 24.2 Å². The van der Waals surface area contributed by atoms with E-state index in [0.29, 0.717) is 12.2 Å². The van der Waals surface area contributed by atoms with Crippen LogP contribution in [0.25, 0.3) is 0 Å². The van der Waals surface area contributed by atoms with Crippen LogP contribution in [0.15, 0.2) is 42.9 Å². The van der Waals surface area contributed by atoms with Crippen molar-refractivity contribution in [3.05, 3.63) is 65.5 Å². The van der Waals surface area contributed by atoms with Gasteiger partial charge in [0.2, 0.25) is 0 Å². The first kappa shape index (κ1) is 14.4. The predicted octanol–water partition coefficient (Wildman–Crippen LogP) is 2.02. The minimum atomic E-state index is -0.204. The minimum absolute atomic E-state index is 0.204. The topological polar surface area (TPSA) is 72.7 Å². The van der Waals surface area contributed by atoms with Gasteiger partial charge in [0, 0.05) is 25.5 Å². The molecular weight excluding hydrogens is 298 g/mol. The third-order valence-electron chi connectivity index (χ3n) is 3.31. The third kappa shape index (κ3) is 3.37. The van der Waals surface area contributed by atoms with E-state index in [0.717, 1.165) is 29.7 Å². The molecule has 0 saturated carbocycles. The number of nitrogens with zero attached hydrogens (tertiary/aromatic N) is 4. The molecule has 0 aliphatic rings. The Balaban J connectivity index is 1.64. The molecule has 0 spiro atoms. The maximum atomic E-state index is 11.8. The average molecular weight is 313 g/mol. The van der Waals surface area contributed by atoms with Crippen molar-refractivity contribution in [2.45, 2.75) is 20.0 Å². The Bertz CT molecular complexity index is 766. The van der Waals surface area contributed by atoms with Gasteiger partial charge in [0.1, 0.15) is 5.82 Å². The van der Waals surface area contributed by atoms with Crippen molar-refractivity contribution in [1.29, 1.82) is 0 Å². The van der Waals surface area contributed by atoms with Crippen molar-refractivity contribution in [2.24, 2.45) is 0 Å². The van der Waals surface area contributed by atoms with E-state index >= 15 is 0 Å². The summed E-state index contributed by atoms with van der Waals surface area (Å²) in [5.74, 6) is 0.777. The molecule has 0 aliphatic heterocycles. The van der Waals surface area contributed by atoms with Crippen molar-refractivity contribution in [3.63, 3.8) is 0 Å². The summed E-state index contributed by atoms with van der Waals surface area (Å²) < 4.78 is 9.82. The lowest BCUT2D eigenvalue weighted by Crippen LogP contribution is -2.23. The Morgan fingerprint density at radius 1 is 1.36 bits per heavy atom. The minimum Gasteiger partial charge on any atom is -0.347 e. The molecule has 1 N–H and O–H groups in total. The zero-order valence-corrected chi connectivity index (χ0v) is 12.9. The molecule has 0 atom stereocenters. The second kappa shape index (κ2) is 6.48. The van der Waals surface area contributed by atoms with E-state index in [2.05, 4.69) is 35.7 Å². The maximum Gasteiger partial charge on any atom is 0.272 e. The van der Waals surface area contributed by atoms with Crippen LogP contribution in [0.2, 0.25) is 0 Å². The average Bonchev–Trinajstić information content (AvgIpc) is 3.18. The van der Waals surface area contributed by atoms with Crippen molar-refractivity contribution in [2.75, 3.05) is 0 Å². The summed E-state index contributed by atoms with van der Waals surface area (Å²) in [6, 6.07) is 8.13. The number of aryl methyl sites for hydroxylation is 1. The lowest BCUT2D eigenvalue weighted by molar-refractivity contribution is 0.0947. The van der Waals surface area contributed by atoms with Crippen molar-refractivity contribution < 1.29 is 4.79 Å². The van der Waals surface area contributed by atoms with Gasteiger partial charge in [0.05, 0.1) is 17.9 Å². The summed E-state index contributed by atoms with van der Waals surface area (Å²) in [6.45, 7) is 3.21. The first-order valence-electron chi connectivity index (χ1n) is 6.83. The Labute approximate surface area is 132 Å². The number of rotatable bonds is 5. The Kier molecular flexibility index (Phi) is 4.24. The van der Waals surface area contributed by atoms with Gasteiger partial charge in [-0.3, -0.25) is 4.79 Å². The maximum absolute atomic E-state index is 11.8. The SMILES string of the molecule is Cc1nccn1Cc1cccc(CNC(=O)c2cnsn2)c1. The van der Waals surface area contributed by atoms with Crippen LogP contribution in [0.3, 0.4) is 0 Å². The van der Waals surface area contributed by atoms with Crippen LogP contribution in [0, 0.1) is 6.92 Å². The Hall–Kier alpha value is -2.54. The molecule has 0 unspecified atom stereocenters. The molecule has 1 amide bonds. The van der Waals surface area contributed by atoms with Crippen molar-refractivity contribution in [3.8, 4) is 0 Å². The van der Waals surface area contributed by atoms with E-state index in [-0.39, 0.29) is 5.91 Å². The lowest BCUT2D eigenvalue weighted by Gasteiger charge is -2.08. The number of aromatic nitrogens is 4. The van der Waals surface area contributed by atoms with Crippen LogP contribution in [-0.2, 0) is 13.1 Å². The number of carbonyl (C=O) groups is 1. The van der Waals surface area contributed by atoms with Gasteiger partial charge in [-0.25, -0.2) is 4.98 Å². The molecule has 1 aromatic carbocycles. The van der Waals surface area contributed by atoms with Crippen LogP contribution < -0.4 is 5.32 Å². The number of hydrogen-bond acceptors (Lipinski definition) is 5. The second-order valence-electron chi connectivity index (χ2n) is 4.90. The highest BCUT2D eigenvalue weighted by Gasteiger charge is 2.08. The van der Waals surface area contributed by atoms with Gasteiger partial charge in [-0.15, -0.1) is 0 Å². The van der Waals surface area contributed by atoms with E-state index in [9.17, 15) is 4.79 Å². The second-order valence-corrected chi connectivity index (χ2v) is 5.45. The molecule has 6 nitrogen and oxygen atoms in total. The van der Waals surface area contributed by atoms with Crippen LogP contribution in [0.1, 0.15) is 27.4 Å². The van der Waals surface area contributed by atoms with Gasteiger partial charge in [-0.1, -0.05) is 24.3 Å². The lowest BCUT2D eigenvalue weighted by atomic mass is 10.1. The molecule has 112 valence electrons. The number of carbonyl (C=O) groups excluding carboxylic acids is 1. The van der Waals surface area contributed by atoms with E-state index in [1.54, 1.807) is 6.20 Å². The number of nitrogens with one attached hydrogen (secondary N) is 1. The summed E-state index contributed by atoms with van der Waals surface area (Å²) in [5, 5.41) is 2.84. The molecule has 0 saturated heterocycles. The Morgan fingerprint density at radius 3 is 2.95 bits per heavy atom. The standard InChI is InChI=1S/C15H15N5OS/c1-11-16-5-6-20(11)10-13-4-2-3-12(7-13)8-17-15(21)14-9-18-22-19-14/h2-7,9H,8,10H2,1H3,(H,17,21). The first-order valence-corrected chi connectivity index (χ1v) is 7.57. The molecule has 0 radical (unpaired) electrons. The normalized spacial score (nSPS) is 10.6. The zero-order valence-electron chi connectivity index (χ0n) is 12.1. The highest BCUT2D eigenvalue weighted by Crippen LogP contribution is 2.09. The number of hydrogen-bond donors (Lipinski definition) is 1. The molecule has 3 aromatic rings. The van der Waals surface area contributed by atoms with Gasteiger partial charge in [0.15, 0.2) is 5.69 Å². The summed E-state index contributed by atoms with van der Waals surface area (Å²) in [4.78, 5) is 16.1. The van der Waals surface area contributed by atoms with E-state index in [4.69, 9.17) is 0 Å².